The first-order valence-electron chi connectivity index (χ1n) is 9.22. The van der Waals surface area contributed by atoms with Gasteiger partial charge in [-0.05, 0) is 71.9 Å². The van der Waals surface area contributed by atoms with Gasteiger partial charge in [0.05, 0.1) is 5.60 Å². The molecule has 3 heteroatoms. The Morgan fingerprint density at radius 2 is 1.86 bits per heavy atom. The molecule has 2 fully saturated rings. The molecule has 0 aromatic rings. The fraction of sp³-hybridized carbons (Fsp3) is 1.00. The third kappa shape index (κ3) is 4.67. The minimum Gasteiger partial charge on any atom is -0.375 e. The van der Waals surface area contributed by atoms with Crippen LogP contribution in [-0.4, -0.2) is 48.3 Å². The smallest absolute Gasteiger partial charge is 0.0692 e. The fourth-order valence-corrected chi connectivity index (χ4v) is 4.05. The number of hydrogen-bond acceptors (Lipinski definition) is 3. The van der Waals surface area contributed by atoms with Crippen LogP contribution in [0.25, 0.3) is 0 Å². The van der Waals surface area contributed by atoms with Gasteiger partial charge in [0, 0.05) is 24.7 Å². The number of ether oxygens (including phenoxy) is 1. The summed E-state index contributed by atoms with van der Waals surface area (Å²) in [4.78, 5) is 2.63. The predicted molar refractivity (Wildman–Crippen MR) is 89.8 cm³/mol. The van der Waals surface area contributed by atoms with Crippen LogP contribution in [0.15, 0.2) is 0 Å². The van der Waals surface area contributed by atoms with Gasteiger partial charge in [-0.25, -0.2) is 0 Å². The van der Waals surface area contributed by atoms with Gasteiger partial charge in [0.15, 0.2) is 0 Å². The molecule has 1 N–H and O–H groups in total. The standard InChI is InChI=1S/C18H36N2O/c1-5-18(6-2)14-17(10-13-21-18)19-16-8-7-11-20(12-9-16)15(3)4/h15-17,19H,5-14H2,1-4H3. The fourth-order valence-electron chi connectivity index (χ4n) is 4.05. The van der Waals surface area contributed by atoms with Crippen LogP contribution in [-0.2, 0) is 4.74 Å². The third-order valence-corrected chi connectivity index (χ3v) is 5.75. The van der Waals surface area contributed by atoms with Gasteiger partial charge >= 0.3 is 0 Å². The summed E-state index contributed by atoms with van der Waals surface area (Å²) in [7, 11) is 0. The van der Waals surface area contributed by atoms with Gasteiger partial charge in [-0.3, -0.25) is 0 Å². The Balaban J connectivity index is 1.84. The van der Waals surface area contributed by atoms with Crippen molar-refractivity contribution < 1.29 is 4.74 Å². The minimum absolute atomic E-state index is 0.143. The van der Waals surface area contributed by atoms with Crippen LogP contribution >= 0.6 is 0 Å². The summed E-state index contributed by atoms with van der Waals surface area (Å²) >= 11 is 0. The Kier molecular flexibility index (Phi) is 6.51. The number of rotatable bonds is 5. The Bertz CT molecular complexity index is 302. The van der Waals surface area contributed by atoms with Crippen LogP contribution in [0.2, 0.25) is 0 Å². The van der Waals surface area contributed by atoms with E-state index in [9.17, 15) is 0 Å². The van der Waals surface area contributed by atoms with Crippen molar-refractivity contribution in [2.75, 3.05) is 19.7 Å². The number of hydrogen-bond donors (Lipinski definition) is 1. The van der Waals surface area contributed by atoms with Gasteiger partial charge in [0.25, 0.3) is 0 Å². The summed E-state index contributed by atoms with van der Waals surface area (Å²) in [5.41, 5.74) is 0.143. The summed E-state index contributed by atoms with van der Waals surface area (Å²) in [6.45, 7) is 12.7. The summed E-state index contributed by atoms with van der Waals surface area (Å²) in [5, 5.41) is 3.97. The highest BCUT2D eigenvalue weighted by atomic mass is 16.5. The lowest BCUT2D eigenvalue weighted by molar-refractivity contribution is -0.0942. The summed E-state index contributed by atoms with van der Waals surface area (Å²) in [5.74, 6) is 0. The van der Waals surface area contributed by atoms with Crippen LogP contribution in [0.3, 0.4) is 0 Å². The number of likely N-dealkylation sites (tertiary alicyclic amines) is 1. The van der Waals surface area contributed by atoms with Crippen molar-refractivity contribution in [2.45, 2.75) is 96.4 Å². The van der Waals surface area contributed by atoms with Gasteiger partial charge in [0.1, 0.15) is 0 Å². The van der Waals surface area contributed by atoms with E-state index in [1.807, 2.05) is 0 Å². The van der Waals surface area contributed by atoms with Crippen LogP contribution < -0.4 is 5.32 Å². The molecule has 2 unspecified atom stereocenters. The molecule has 2 atom stereocenters. The van der Waals surface area contributed by atoms with Crippen LogP contribution in [0.1, 0.15) is 72.6 Å². The first-order chi connectivity index (χ1) is 10.1. The topological polar surface area (TPSA) is 24.5 Å². The lowest BCUT2D eigenvalue weighted by Gasteiger charge is -2.41. The van der Waals surface area contributed by atoms with E-state index < -0.39 is 0 Å². The Morgan fingerprint density at radius 3 is 2.52 bits per heavy atom. The monoisotopic (exact) mass is 296 g/mol. The zero-order valence-corrected chi connectivity index (χ0v) is 14.7. The molecule has 0 bridgehead atoms. The highest BCUT2D eigenvalue weighted by Crippen LogP contribution is 2.32. The SMILES string of the molecule is CCC1(CC)CC(NC2CCCN(C(C)C)CC2)CCO1. The highest BCUT2D eigenvalue weighted by molar-refractivity contribution is 4.90. The van der Waals surface area contributed by atoms with Crippen molar-refractivity contribution in [3.8, 4) is 0 Å². The lowest BCUT2D eigenvalue weighted by atomic mass is 9.85. The van der Waals surface area contributed by atoms with Gasteiger partial charge in [-0.15, -0.1) is 0 Å². The molecule has 2 heterocycles. The predicted octanol–water partition coefficient (Wildman–Crippen LogP) is 3.58. The van der Waals surface area contributed by atoms with Crippen LogP contribution in [0.4, 0.5) is 0 Å². The maximum absolute atomic E-state index is 6.11. The van der Waals surface area contributed by atoms with Crippen molar-refractivity contribution in [3.05, 3.63) is 0 Å². The molecule has 0 aromatic carbocycles. The van der Waals surface area contributed by atoms with Gasteiger partial charge < -0.3 is 15.0 Å². The van der Waals surface area contributed by atoms with Crippen molar-refractivity contribution in [1.29, 1.82) is 0 Å². The first-order valence-corrected chi connectivity index (χ1v) is 9.22. The molecular formula is C18H36N2O. The second-order valence-electron chi connectivity index (χ2n) is 7.35. The zero-order valence-electron chi connectivity index (χ0n) is 14.7. The molecule has 2 rings (SSSR count). The van der Waals surface area contributed by atoms with Crippen molar-refractivity contribution in [1.82, 2.24) is 10.2 Å². The van der Waals surface area contributed by atoms with E-state index in [0.29, 0.717) is 18.1 Å². The third-order valence-electron chi connectivity index (χ3n) is 5.75. The molecule has 3 nitrogen and oxygen atoms in total. The quantitative estimate of drug-likeness (QED) is 0.839. The largest absolute Gasteiger partial charge is 0.375 e. The molecule has 0 amide bonds. The normalized spacial score (nSPS) is 31.3. The average Bonchev–Trinajstić information content (AvgIpc) is 2.73. The van der Waals surface area contributed by atoms with E-state index in [1.54, 1.807) is 0 Å². The van der Waals surface area contributed by atoms with Crippen LogP contribution in [0.5, 0.6) is 0 Å². The highest BCUT2D eigenvalue weighted by Gasteiger charge is 2.35. The molecule has 0 radical (unpaired) electrons. The van der Waals surface area contributed by atoms with E-state index in [-0.39, 0.29) is 5.60 Å². The van der Waals surface area contributed by atoms with Gasteiger partial charge in [0.2, 0.25) is 0 Å². The molecule has 0 aliphatic carbocycles. The summed E-state index contributed by atoms with van der Waals surface area (Å²) in [6, 6.07) is 2.07. The second kappa shape index (κ2) is 7.94. The first kappa shape index (κ1) is 17.2. The van der Waals surface area contributed by atoms with Gasteiger partial charge in [-0.1, -0.05) is 13.8 Å². The summed E-state index contributed by atoms with van der Waals surface area (Å²) in [6.07, 6.45) is 8.66. The number of nitrogens with zero attached hydrogens (tertiary/aromatic N) is 1. The Labute approximate surface area is 131 Å². The average molecular weight is 296 g/mol. The molecule has 0 aromatic heterocycles. The van der Waals surface area contributed by atoms with Gasteiger partial charge in [-0.2, -0.15) is 0 Å². The maximum Gasteiger partial charge on any atom is 0.0692 e. The lowest BCUT2D eigenvalue weighted by Crippen LogP contribution is -2.49. The maximum atomic E-state index is 6.11. The van der Waals surface area contributed by atoms with Crippen molar-refractivity contribution >= 4 is 0 Å². The second-order valence-corrected chi connectivity index (χ2v) is 7.35. The zero-order chi connectivity index (χ0) is 15.3. The molecule has 0 spiro atoms. The van der Waals surface area contributed by atoms with Crippen molar-refractivity contribution in [2.24, 2.45) is 0 Å². The molecule has 21 heavy (non-hydrogen) atoms. The van der Waals surface area contributed by atoms with E-state index in [0.717, 1.165) is 19.4 Å². The van der Waals surface area contributed by atoms with E-state index >= 15 is 0 Å². The molecule has 2 aliphatic heterocycles. The molecule has 124 valence electrons. The van der Waals surface area contributed by atoms with E-state index in [4.69, 9.17) is 4.74 Å². The Morgan fingerprint density at radius 1 is 1.10 bits per heavy atom. The van der Waals surface area contributed by atoms with E-state index in [2.05, 4.69) is 37.9 Å². The minimum atomic E-state index is 0.143. The molecule has 2 aliphatic rings. The van der Waals surface area contributed by atoms with E-state index in [1.165, 1.54) is 45.2 Å². The summed E-state index contributed by atoms with van der Waals surface area (Å²) < 4.78 is 6.11. The van der Waals surface area contributed by atoms with Crippen LogP contribution in [0, 0.1) is 0 Å². The van der Waals surface area contributed by atoms with Crippen molar-refractivity contribution in [3.63, 3.8) is 0 Å². The molecule has 2 saturated heterocycles. The molecular weight excluding hydrogens is 260 g/mol. The number of nitrogens with one attached hydrogen (secondary N) is 1. The molecule has 0 saturated carbocycles. The Hall–Kier alpha value is -0.120.